The van der Waals surface area contributed by atoms with Gasteiger partial charge in [-0.1, -0.05) is 30.4 Å². The summed E-state index contributed by atoms with van der Waals surface area (Å²) in [6, 6.07) is 12.3. The fourth-order valence-corrected chi connectivity index (χ4v) is 5.39. The number of amides is 1. The number of nitrogens with zero attached hydrogens (tertiary/aromatic N) is 3. The standard InChI is InChI=1S/C24H26N4O2S/c29-23(26-16-17-9-10-22(25-15-17)28-11-13-30-14-12-28)18-5-1-2-6-19(18)24-27-20-7-3-4-8-21(20)31-24/h1-4,7-10,15,18-19H,5-6,11-14,16H2,(H,26,29)/t18-,19+/m1/s1. The molecule has 2 atom stereocenters. The molecular formula is C24H26N4O2S. The first-order valence-corrected chi connectivity index (χ1v) is 11.7. The molecule has 2 aliphatic rings. The van der Waals surface area contributed by atoms with Crippen molar-refractivity contribution in [2.24, 2.45) is 5.92 Å². The molecule has 31 heavy (non-hydrogen) atoms. The Kier molecular flexibility index (Phi) is 5.95. The van der Waals surface area contributed by atoms with Crippen molar-refractivity contribution in [3.63, 3.8) is 0 Å². The lowest BCUT2D eigenvalue weighted by atomic mass is 9.82. The molecule has 1 saturated heterocycles. The Hall–Kier alpha value is -2.77. The number of nitrogens with one attached hydrogen (secondary N) is 1. The maximum atomic E-state index is 13.1. The second kappa shape index (κ2) is 9.16. The van der Waals surface area contributed by atoms with Crippen LogP contribution in [0.1, 0.15) is 29.3 Å². The average molecular weight is 435 g/mol. The van der Waals surface area contributed by atoms with Crippen LogP contribution in [0.3, 0.4) is 0 Å². The smallest absolute Gasteiger partial charge is 0.224 e. The molecule has 0 saturated carbocycles. The molecule has 3 heterocycles. The predicted molar refractivity (Wildman–Crippen MR) is 123 cm³/mol. The summed E-state index contributed by atoms with van der Waals surface area (Å²) in [5, 5.41) is 4.19. The average Bonchev–Trinajstić information content (AvgIpc) is 3.28. The summed E-state index contributed by atoms with van der Waals surface area (Å²) in [6.07, 6.45) is 7.76. The van der Waals surface area contributed by atoms with E-state index >= 15 is 0 Å². The quantitative estimate of drug-likeness (QED) is 0.617. The van der Waals surface area contributed by atoms with E-state index in [4.69, 9.17) is 9.72 Å². The van der Waals surface area contributed by atoms with Crippen molar-refractivity contribution in [1.29, 1.82) is 0 Å². The van der Waals surface area contributed by atoms with Crippen LogP contribution >= 0.6 is 11.3 Å². The van der Waals surface area contributed by atoms with Crippen LogP contribution < -0.4 is 10.2 Å². The fraction of sp³-hybridized carbons (Fsp3) is 0.375. The number of allylic oxidation sites excluding steroid dienone is 2. The van der Waals surface area contributed by atoms with E-state index < -0.39 is 0 Å². The van der Waals surface area contributed by atoms with Crippen molar-refractivity contribution >= 4 is 33.3 Å². The lowest BCUT2D eigenvalue weighted by Gasteiger charge is -2.28. The molecule has 1 amide bonds. The number of aromatic nitrogens is 2. The number of morpholine rings is 1. The molecule has 1 aliphatic carbocycles. The zero-order valence-corrected chi connectivity index (χ0v) is 18.2. The number of benzene rings is 1. The molecule has 160 valence electrons. The third-order valence-electron chi connectivity index (χ3n) is 6.01. The summed E-state index contributed by atoms with van der Waals surface area (Å²) >= 11 is 1.71. The lowest BCUT2D eigenvalue weighted by molar-refractivity contribution is -0.125. The topological polar surface area (TPSA) is 67.4 Å². The van der Waals surface area contributed by atoms with Gasteiger partial charge in [0.2, 0.25) is 5.91 Å². The maximum Gasteiger partial charge on any atom is 0.224 e. The number of anilines is 1. The van der Waals surface area contributed by atoms with Gasteiger partial charge < -0.3 is 15.0 Å². The lowest BCUT2D eigenvalue weighted by Crippen LogP contribution is -2.36. The van der Waals surface area contributed by atoms with E-state index in [1.807, 2.05) is 36.5 Å². The summed E-state index contributed by atoms with van der Waals surface area (Å²) in [5.41, 5.74) is 2.02. The van der Waals surface area contributed by atoms with Gasteiger partial charge in [0.1, 0.15) is 5.82 Å². The minimum atomic E-state index is -0.0915. The highest BCUT2D eigenvalue weighted by atomic mass is 32.1. The number of pyridine rings is 1. The molecule has 5 rings (SSSR count). The molecule has 1 aromatic carbocycles. The Morgan fingerprint density at radius 3 is 2.77 bits per heavy atom. The van der Waals surface area contributed by atoms with E-state index in [-0.39, 0.29) is 17.7 Å². The molecule has 1 aliphatic heterocycles. The number of rotatable bonds is 5. The SMILES string of the molecule is O=C(NCc1ccc(N2CCOCC2)nc1)[C@@H]1CC=CC[C@@H]1c1nc2ccccc2s1. The summed E-state index contributed by atoms with van der Waals surface area (Å²) in [4.78, 5) is 24.7. The Morgan fingerprint density at radius 1 is 1.13 bits per heavy atom. The number of carbonyl (C=O) groups excluding carboxylic acids is 1. The maximum absolute atomic E-state index is 13.1. The minimum Gasteiger partial charge on any atom is -0.378 e. The second-order valence-electron chi connectivity index (χ2n) is 8.02. The number of para-hydroxylation sites is 1. The molecule has 7 heteroatoms. The zero-order chi connectivity index (χ0) is 21.0. The van der Waals surface area contributed by atoms with Gasteiger partial charge >= 0.3 is 0 Å². The van der Waals surface area contributed by atoms with Gasteiger partial charge in [0.15, 0.2) is 0 Å². The largest absolute Gasteiger partial charge is 0.378 e. The molecule has 0 unspecified atom stereocenters. The molecule has 0 radical (unpaired) electrons. The van der Waals surface area contributed by atoms with E-state index in [2.05, 4.69) is 33.4 Å². The van der Waals surface area contributed by atoms with Crippen LogP contribution in [-0.2, 0) is 16.1 Å². The van der Waals surface area contributed by atoms with Crippen molar-refractivity contribution < 1.29 is 9.53 Å². The van der Waals surface area contributed by atoms with Gasteiger partial charge in [-0.2, -0.15) is 0 Å². The van der Waals surface area contributed by atoms with E-state index in [1.54, 1.807) is 11.3 Å². The highest BCUT2D eigenvalue weighted by Crippen LogP contribution is 2.38. The van der Waals surface area contributed by atoms with Crippen LogP contribution in [-0.4, -0.2) is 42.2 Å². The number of carbonyl (C=O) groups is 1. The highest BCUT2D eigenvalue weighted by molar-refractivity contribution is 7.18. The van der Waals surface area contributed by atoms with Gasteiger partial charge in [-0.05, 0) is 36.6 Å². The van der Waals surface area contributed by atoms with Gasteiger partial charge in [0.25, 0.3) is 0 Å². The van der Waals surface area contributed by atoms with Gasteiger partial charge in [0, 0.05) is 31.7 Å². The number of hydrogen-bond acceptors (Lipinski definition) is 6. The van der Waals surface area contributed by atoms with Crippen LogP contribution in [0, 0.1) is 5.92 Å². The first-order chi connectivity index (χ1) is 15.3. The molecule has 1 N–H and O–H groups in total. The first-order valence-electron chi connectivity index (χ1n) is 10.8. The van der Waals surface area contributed by atoms with Gasteiger partial charge in [0.05, 0.1) is 34.4 Å². The highest BCUT2D eigenvalue weighted by Gasteiger charge is 2.32. The Balaban J connectivity index is 1.24. The molecule has 6 nitrogen and oxygen atoms in total. The minimum absolute atomic E-state index is 0.0888. The molecule has 0 bridgehead atoms. The van der Waals surface area contributed by atoms with Crippen LogP contribution in [0.15, 0.2) is 54.7 Å². The number of thiazole rings is 1. The van der Waals surface area contributed by atoms with Gasteiger partial charge in [-0.15, -0.1) is 11.3 Å². The monoisotopic (exact) mass is 434 g/mol. The number of hydrogen-bond donors (Lipinski definition) is 1. The Morgan fingerprint density at radius 2 is 1.97 bits per heavy atom. The van der Waals surface area contributed by atoms with Crippen molar-refractivity contribution in [2.45, 2.75) is 25.3 Å². The van der Waals surface area contributed by atoms with Crippen LogP contribution in [0.5, 0.6) is 0 Å². The normalized spacial score (nSPS) is 21.4. The van der Waals surface area contributed by atoms with Gasteiger partial charge in [-0.3, -0.25) is 4.79 Å². The van der Waals surface area contributed by atoms with Crippen LogP contribution in [0.2, 0.25) is 0 Å². The third kappa shape index (κ3) is 4.48. The predicted octanol–water partition coefficient (Wildman–Crippen LogP) is 3.89. The van der Waals surface area contributed by atoms with Crippen LogP contribution in [0.4, 0.5) is 5.82 Å². The number of fused-ring (bicyclic) bond motifs is 1. The van der Waals surface area contributed by atoms with Crippen molar-refractivity contribution in [3.8, 4) is 0 Å². The zero-order valence-electron chi connectivity index (χ0n) is 17.4. The molecule has 1 fully saturated rings. The van der Waals surface area contributed by atoms with E-state index in [0.717, 1.165) is 61.1 Å². The molecule has 3 aromatic rings. The third-order valence-corrected chi connectivity index (χ3v) is 7.18. The summed E-state index contributed by atoms with van der Waals surface area (Å²) < 4.78 is 6.58. The van der Waals surface area contributed by atoms with Crippen LogP contribution in [0.25, 0.3) is 10.2 Å². The van der Waals surface area contributed by atoms with E-state index in [0.29, 0.717) is 6.54 Å². The van der Waals surface area contributed by atoms with Crippen molar-refractivity contribution in [2.75, 3.05) is 31.2 Å². The summed E-state index contributed by atoms with van der Waals surface area (Å²) in [6.45, 7) is 3.70. The van der Waals surface area contributed by atoms with E-state index in [1.165, 1.54) is 4.70 Å². The van der Waals surface area contributed by atoms with E-state index in [9.17, 15) is 4.79 Å². The van der Waals surface area contributed by atoms with Crippen molar-refractivity contribution in [3.05, 3.63) is 65.3 Å². The number of ether oxygens (including phenoxy) is 1. The Labute approximate surface area is 186 Å². The molecule has 0 spiro atoms. The van der Waals surface area contributed by atoms with Gasteiger partial charge in [-0.25, -0.2) is 9.97 Å². The Bertz CT molecular complexity index is 1040. The first kappa shape index (κ1) is 20.2. The fourth-order valence-electron chi connectivity index (χ4n) is 4.25. The summed E-state index contributed by atoms with van der Waals surface area (Å²) in [7, 11) is 0. The van der Waals surface area contributed by atoms with Crippen molar-refractivity contribution in [1.82, 2.24) is 15.3 Å². The molecule has 2 aromatic heterocycles. The summed E-state index contributed by atoms with van der Waals surface area (Å²) in [5.74, 6) is 1.09. The molecular weight excluding hydrogens is 408 g/mol. The second-order valence-corrected chi connectivity index (χ2v) is 9.08.